The van der Waals surface area contributed by atoms with Crippen LogP contribution in [0, 0.1) is 0 Å². The molecule has 11 nitrogen and oxygen atoms in total. The normalized spacial score (nSPS) is 14.8. The molecular formula is C19H33N5O6S. The average Bonchev–Trinajstić information content (AvgIpc) is 3.00. The van der Waals surface area contributed by atoms with Gasteiger partial charge in [-0.3, -0.25) is 19.2 Å². The number of hydrogen-bond donors (Lipinski definition) is 2. The first kappa shape index (κ1) is 26.9. The first-order chi connectivity index (χ1) is 14.6. The molecule has 0 radical (unpaired) electrons. The van der Waals surface area contributed by atoms with Gasteiger partial charge in [0.2, 0.25) is 11.8 Å². The summed E-state index contributed by atoms with van der Waals surface area (Å²) in [7, 11) is 7.47. The summed E-state index contributed by atoms with van der Waals surface area (Å²) >= 11 is 1.31. The Morgan fingerprint density at radius 1 is 1.03 bits per heavy atom. The van der Waals surface area contributed by atoms with Crippen LogP contribution in [0.4, 0.5) is 0 Å². The fourth-order valence-corrected chi connectivity index (χ4v) is 3.32. The average molecular weight is 461 g/mol. The third kappa shape index (κ3) is 11.1. The van der Waals surface area contributed by atoms with Gasteiger partial charge in [-0.15, -0.1) is 5.06 Å². The second-order valence-corrected chi connectivity index (χ2v) is 8.77. The van der Waals surface area contributed by atoms with Crippen LogP contribution in [0.25, 0.3) is 0 Å². The van der Waals surface area contributed by atoms with E-state index in [4.69, 9.17) is 4.84 Å². The number of thioether (sulfide) groups is 1. The molecule has 0 aromatic heterocycles. The van der Waals surface area contributed by atoms with Gasteiger partial charge in [-0.25, -0.2) is 4.79 Å². The van der Waals surface area contributed by atoms with E-state index in [-0.39, 0.29) is 43.3 Å². The van der Waals surface area contributed by atoms with Gasteiger partial charge < -0.3 is 25.3 Å². The predicted octanol–water partition coefficient (Wildman–Crippen LogP) is -1.17. The SMILES string of the molecule is CN(C)CCNC(=O)[13CH2]SCC[C@H](NC(=O)CCN(C)C)C(=O)ON1C(=O)CCC1=O. The number of nitrogens with one attached hydrogen (secondary N) is 2. The maximum Gasteiger partial charge on any atom is 0.355 e. The van der Waals surface area contributed by atoms with Gasteiger partial charge in [0, 0.05) is 38.9 Å². The van der Waals surface area contributed by atoms with Gasteiger partial charge in [-0.1, -0.05) is 0 Å². The first-order valence-corrected chi connectivity index (χ1v) is 11.3. The number of carbonyl (C=O) groups is 5. The monoisotopic (exact) mass is 460 g/mol. The molecule has 4 amide bonds. The molecule has 1 heterocycles. The minimum absolute atomic E-state index is 0.00917. The minimum Gasteiger partial charge on any atom is -0.354 e. The van der Waals surface area contributed by atoms with Gasteiger partial charge in [0.1, 0.15) is 6.04 Å². The van der Waals surface area contributed by atoms with Gasteiger partial charge in [0.05, 0.1) is 5.75 Å². The van der Waals surface area contributed by atoms with E-state index in [1.54, 1.807) is 0 Å². The molecule has 0 aromatic rings. The van der Waals surface area contributed by atoms with Crippen molar-refractivity contribution in [1.29, 1.82) is 0 Å². The zero-order valence-corrected chi connectivity index (χ0v) is 19.5. The maximum atomic E-state index is 12.5. The van der Waals surface area contributed by atoms with Crippen molar-refractivity contribution in [2.75, 3.05) is 59.3 Å². The molecule has 1 aliphatic heterocycles. The van der Waals surface area contributed by atoms with Crippen LogP contribution in [0.5, 0.6) is 0 Å². The summed E-state index contributed by atoms with van der Waals surface area (Å²) in [5.74, 6) is -1.89. The molecule has 1 fully saturated rings. The fraction of sp³-hybridized carbons (Fsp3) is 0.737. The lowest BCUT2D eigenvalue weighted by Crippen LogP contribution is -2.46. The Labute approximate surface area is 187 Å². The van der Waals surface area contributed by atoms with Crippen LogP contribution in [0.2, 0.25) is 0 Å². The molecule has 0 bridgehead atoms. The van der Waals surface area contributed by atoms with Crippen LogP contribution in [-0.2, 0) is 28.8 Å². The Morgan fingerprint density at radius 2 is 1.65 bits per heavy atom. The molecule has 0 saturated carbocycles. The topological polar surface area (TPSA) is 128 Å². The van der Waals surface area contributed by atoms with E-state index in [0.29, 0.717) is 23.9 Å². The highest BCUT2D eigenvalue weighted by Crippen LogP contribution is 2.14. The van der Waals surface area contributed by atoms with E-state index >= 15 is 0 Å². The zero-order chi connectivity index (χ0) is 23.4. The zero-order valence-electron chi connectivity index (χ0n) is 18.6. The molecule has 0 aliphatic carbocycles. The standard InChI is InChI=1S/C19H33N5O6S/c1-22(2)10-7-15(25)21-14(19(29)30-24-17(27)5-6-18(24)28)8-12-31-13-16(26)20-9-11-23(3)4/h14H,5-13H2,1-4H3,(H,20,26)(H,21,25)/t14-/m0/s1/i13+1. The number of hydrogen-bond acceptors (Lipinski definition) is 9. The summed E-state index contributed by atoms with van der Waals surface area (Å²) < 4.78 is 0. The molecule has 2 N–H and O–H groups in total. The highest BCUT2D eigenvalue weighted by Gasteiger charge is 2.35. The van der Waals surface area contributed by atoms with Gasteiger partial charge in [0.25, 0.3) is 11.8 Å². The number of hydroxylamine groups is 2. The lowest BCUT2D eigenvalue weighted by atomic mass is 10.2. The van der Waals surface area contributed by atoms with E-state index < -0.39 is 23.8 Å². The molecule has 0 spiro atoms. The molecule has 31 heavy (non-hydrogen) atoms. The Balaban J connectivity index is 2.54. The largest absolute Gasteiger partial charge is 0.355 e. The van der Waals surface area contributed by atoms with Gasteiger partial charge in [-0.2, -0.15) is 11.8 Å². The summed E-state index contributed by atoms with van der Waals surface area (Å²) in [6.07, 6.45) is 0.355. The highest BCUT2D eigenvalue weighted by molar-refractivity contribution is 7.99. The number of carbonyl (C=O) groups excluding carboxylic acids is 5. The smallest absolute Gasteiger partial charge is 0.354 e. The molecular weight excluding hydrogens is 427 g/mol. The molecule has 1 rings (SSSR count). The summed E-state index contributed by atoms with van der Waals surface area (Å²) in [6.45, 7) is 1.77. The second kappa shape index (κ2) is 14.0. The van der Waals surface area contributed by atoms with Crippen molar-refractivity contribution < 1.29 is 28.8 Å². The van der Waals surface area contributed by atoms with Crippen LogP contribution in [0.1, 0.15) is 25.7 Å². The minimum atomic E-state index is -1.03. The van der Waals surface area contributed by atoms with Crippen molar-refractivity contribution in [3.8, 4) is 0 Å². The van der Waals surface area contributed by atoms with Crippen LogP contribution < -0.4 is 10.6 Å². The lowest BCUT2D eigenvalue weighted by molar-refractivity contribution is -0.199. The second-order valence-electron chi connectivity index (χ2n) is 7.66. The van der Waals surface area contributed by atoms with Crippen molar-refractivity contribution in [3.63, 3.8) is 0 Å². The van der Waals surface area contributed by atoms with Crippen molar-refractivity contribution in [2.24, 2.45) is 0 Å². The van der Waals surface area contributed by atoms with E-state index in [2.05, 4.69) is 10.6 Å². The highest BCUT2D eigenvalue weighted by atomic mass is 32.2. The molecule has 1 saturated heterocycles. The van der Waals surface area contributed by atoms with Crippen LogP contribution in [-0.4, -0.2) is 110 Å². The number of imide groups is 1. The number of nitrogens with zero attached hydrogens (tertiary/aromatic N) is 3. The van der Waals surface area contributed by atoms with Gasteiger partial charge >= 0.3 is 5.97 Å². The first-order valence-electron chi connectivity index (χ1n) is 10.1. The molecule has 0 unspecified atom stereocenters. The quantitative estimate of drug-likeness (QED) is 0.187. The maximum absolute atomic E-state index is 12.5. The number of likely N-dealkylation sites (N-methyl/N-ethyl adjacent to an activating group) is 1. The van der Waals surface area contributed by atoms with Crippen LogP contribution >= 0.6 is 11.8 Å². The van der Waals surface area contributed by atoms with E-state index in [1.807, 2.05) is 38.0 Å². The third-order valence-corrected chi connectivity index (χ3v) is 5.25. The molecule has 176 valence electrons. The molecule has 0 aromatic carbocycles. The molecule has 12 heteroatoms. The Kier molecular flexibility index (Phi) is 12.1. The van der Waals surface area contributed by atoms with Gasteiger partial charge in [0.15, 0.2) is 0 Å². The molecule has 1 aliphatic rings. The predicted molar refractivity (Wildman–Crippen MR) is 116 cm³/mol. The summed E-state index contributed by atoms with van der Waals surface area (Å²) in [6, 6.07) is -1.03. The summed E-state index contributed by atoms with van der Waals surface area (Å²) in [4.78, 5) is 68.6. The Bertz CT molecular complexity index is 642. The number of rotatable bonds is 14. The summed E-state index contributed by atoms with van der Waals surface area (Å²) in [5, 5.41) is 5.86. The van der Waals surface area contributed by atoms with E-state index in [9.17, 15) is 24.0 Å². The lowest BCUT2D eigenvalue weighted by Gasteiger charge is -2.20. The van der Waals surface area contributed by atoms with Crippen molar-refractivity contribution >= 4 is 41.4 Å². The van der Waals surface area contributed by atoms with Crippen molar-refractivity contribution in [3.05, 3.63) is 0 Å². The third-order valence-electron chi connectivity index (χ3n) is 4.26. The van der Waals surface area contributed by atoms with E-state index in [0.717, 1.165) is 6.54 Å². The Morgan fingerprint density at radius 3 is 2.23 bits per heavy atom. The van der Waals surface area contributed by atoms with Crippen LogP contribution in [0.3, 0.4) is 0 Å². The number of amides is 4. The van der Waals surface area contributed by atoms with Gasteiger partial charge in [-0.05, 0) is 40.4 Å². The summed E-state index contributed by atoms with van der Waals surface area (Å²) in [5.41, 5.74) is 0. The van der Waals surface area contributed by atoms with Crippen LogP contribution in [0.15, 0.2) is 0 Å². The fourth-order valence-electron chi connectivity index (χ4n) is 2.49. The van der Waals surface area contributed by atoms with E-state index in [1.165, 1.54) is 11.8 Å². The molecule has 1 atom stereocenters. The Hall–Kier alpha value is -2.18. The van der Waals surface area contributed by atoms with Crippen molar-refractivity contribution in [2.45, 2.75) is 31.7 Å². The van der Waals surface area contributed by atoms with Crippen molar-refractivity contribution in [1.82, 2.24) is 25.5 Å².